The lowest BCUT2D eigenvalue weighted by Crippen LogP contribution is -2.19. The van der Waals surface area contributed by atoms with Gasteiger partial charge in [-0.05, 0) is 44.0 Å². The van der Waals surface area contributed by atoms with E-state index in [9.17, 15) is 9.59 Å². The number of nitrogens with zero attached hydrogens (tertiary/aromatic N) is 1. The smallest absolute Gasteiger partial charge is 0.345 e. The number of carbonyl (C=O) groups excluding carboxylic acids is 2. The van der Waals surface area contributed by atoms with E-state index < -0.39 is 11.9 Å². The minimum atomic E-state index is -0.751. The molecule has 0 aromatic heterocycles. The number of aliphatic hydroxyl groups excluding tert-OH is 2. The van der Waals surface area contributed by atoms with E-state index >= 15 is 0 Å². The van der Waals surface area contributed by atoms with Crippen LogP contribution >= 0.6 is 0 Å². The maximum Gasteiger partial charge on any atom is 0.345 e. The van der Waals surface area contributed by atoms with Gasteiger partial charge in [-0.25, -0.2) is 9.59 Å². The lowest BCUT2D eigenvalue weighted by Gasteiger charge is -2.08. The van der Waals surface area contributed by atoms with Gasteiger partial charge in [0.05, 0.1) is 13.2 Å². The normalized spacial score (nSPS) is 10.4. The minimum absolute atomic E-state index is 0.0265. The summed E-state index contributed by atoms with van der Waals surface area (Å²) in [5.41, 5.74) is -0.184. The summed E-state index contributed by atoms with van der Waals surface area (Å²) in [6, 6.07) is 0. The van der Waals surface area contributed by atoms with E-state index in [4.69, 9.17) is 19.7 Å². The second kappa shape index (κ2) is 13.8. The molecule has 0 unspecified atom stereocenters. The summed E-state index contributed by atoms with van der Waals surface area (Å²) >= 11 is 0. The molecule has 0 atom stereocenters. The fourth-order valence-electron chi connectivity index (χ4n) is 1.44. The topological polar surface area (TPSA) is 96.3 Å². The van der Waals surface area contributed by atoms with Crippen LogP contribution in [0.3, 0.4) is 0 Å². The fraction of sp³-hybridized carbons (Fsp3) is 0.625. The maximum absolute atomic E-state index is 12.0. The number of hydrogen-bond acceptors (Lipinski definition) is 7. The number of hydrogen-bond donors (Lipinski definition) is 2. The van der Waals surface area contributed by atoms with E-state index in [1.54, 1.807) is 17.2 Å². The Bertz CT molecular complexity index is 377. The van der Waals surface area contributed by atoms with E-state index in [0.29, 0.717) is 25.7 Å². The summed E-state index contributed by atoms with van der Waals surface area (Å²) < 4.78 is 10.0. The summed E-state index contributed by atoms with van der Waals surface area (Å²) in [6.45, 7) is 0.315. The number of carbonyl (C=O) groups is 2. The molecule has 7 heteroatoms. The van der Waals surface area contributed by atoms with Crippen molar-refractivity contribution in [2.45, 2.75) is 25.7 Å². The molecule has 0 saturated carbocycles. The van der Waals surface area contributed by atoms with Crippen molar-refractivity contribution in [3.63, 3.8) is 0 Å². The number of allylic oxidation sites excluding steroid dienone is 2. The number of esters is 2. The molecule has 0 aliphatic heterocycles. The zero-order chi connectivity index (χ0) is 17.5. The first-order valence-corrected chi connectivity index (χ1v) is 7.63. The number of aliphatic hydroxyl groups is 2. The molecule has 7 nitrogen and oxygen atoms in total. The van der Waals surface area contributed by atoms with Crippen molar-refractivity contribution in [1.29, 1.82) is 0 Å². The Morgan fingerprint density at radius 2 is 1.39 bits per heavy atom. The zero-order valence-corrected chi connectivity index (χ0v) is 13.9. The van der Waals surface area contributed by atoms with Crippen LogP contribution in [0.5, 0.6) is 0 Å². The average molecular weight is 329 g/mol. The number of unbranched alkanes of at least 4 members (excludes halogenated alkanes) is 2. The molecule has 0 aromatic rings. The second-order valence-corrected chi connectivity index (χ2v) is 5.02. The molecule has 0 aliphatic rings. The third-order valence-electron chi connectivity index (χ3n) is 2.66. The van der Waals surface area contributed by atoms with Crippen LogP contribution in [0, 0.1) is 0 Å². The third kappa shape index (κ3) is 11.4. The van der Waals surface area contributed by atoms with Crippen molar-refractivity contribution in [2.24, 2.45) is 0 Å². The van der Waals surface area contributed by atoms with Crippen molar-refractivity contribution in [3.05, 3.63) is 23.9 Å². The second-order valence-electron chi connectivity index (χ2n) is 5.02. The van der Waals surface area contributed by atoms with Crippen LogP contribution in [0.1, 0.15) is 25.7 Å². The summed E-state index contributed by atoms with van der Waals surface area (Å²) in [6.07, 6.45) is 6.68. The van der Waals surface area contributed by atoms with Gasteiger partial charge < -0.3 is 24.6 Å². The molecule has 132 valence electrons. The standard InChI is InChI=1S/C16H27NO6/c1-17(2)9-7-8-14(15(20)22-12-5-3-10-18)16(21)23-13-6-4-11-19/h7-9,18-19H,3-6,10-13H2,1-2H3. The first kappa shape index (κ1) is 21.1. The van der Waals surface area contributed by atoms with Gasteiger partial charge in [0.2, 0.25) is 0 Å². The molecule has 23 heavy (non-hydrogen) atoms. The molecular weight excluding hydrogens is 302 g/mol. The average Bonchev–Trinajstić information content (AvgIpc) is 2.51. The molecule has 0 spiro atoms. The van der Waals surface area contributed by atoms with E-state index in [-0.39, 0.29) is 32.0 Å². The Labute approximate surface area is 137 Å². The van der Waals surface area contributed by atoms with E-state index in [2.05, 4.69) is 0 Å². The van der Waals surface area contributed by atoms with E-state index in [0.717, 1.165) is 0 Å². The Morgan fingerprint density at radius 3 is 1.78 bits per heavy atom. The predicted octanol–water partition coefficient (Wildman–Crippen LogP) is 0.619. The largest absolute Gasteiger partial charge is 0.462 e. The van der Waals surface area contributed by atoms with Crippen LogP contribution in [0.25, 0.3) is 0 Å². The number of rotatable bonds is 12. The molecule has 0 rings (SSSR count). The highest BCUT2D eigenvalue weighted by Gasteiger charge is 2.20. The Kier molecular flexibility index (Phi) is 12.7. The van der Waals surface area contributed by atoms with Gasteiger partial charge in [0.15, 0.2) is 0 Å². The van der Waals surface area contributed by atoms with Crippen LogP contribution in [0.15, 0.2) is 23.9 Å². The van der Waals surface area contributed by atoms with E-state index in [1.165, 1.54) is 6.08 Å². The van der Waals surface area contributed by atoms with Crippen LogP contribution in [-0.4, -0.2) is 67.6 Å². The highest BCUT2D eigenvalue weighted by atomic mass is 16.6. The van der Waals surface area contributed by atoms with Crippen LogP contribution < -0.4 is 0 Å². The van der Waals surface area contributed by atoms with Gasteiger partial charge in [0.1, 0.15) is 5.57 Å². The molecular formula is C16H27NO6. The van der Waals surface area contributed by atoms with Crippen molar-refractivity contribution >= 4 is 11.9 Å². The van der Waals surface area contributed by atoms with Crippen molar-refractivity contribution in [1.82, 2.24) is 4.90 Å². The van der Waals surface area contributed by atoms with Crippen molar-refractivity contribution in [3.8, 4) is 0 Å². The summed E-state index contributed by atoms with van der Waals surface area (Å²) in [5.74, 6) is -1.50. The monoisotopic (exact) mass is 329 g/mol. The molecule has 0 amide bonds. The highest BCUT2D eigenvalue weighted by Crippen LogP contribution is 2.05. The summed E-state index contributed by atoms with van der Waals surface area (Å²) in [5, 5.41) is 17.4. The van der Waals surface area contributed by atoms with Gasteiger partial charge in [-0.2, -0.15) is 0 Å². The van der Waals surface area contributed by atoms with Gasteiger partial charge >= 0.3 is 11.9 Å². The molecule has 0 bridgehead atoms. The van der Waals surface area contributed by atoms with E-state index in [1.807, 2.05) is 14.1 Å². The van der Waals surface area contributed by atoms with Crippen molar-refractivity contribution < 1.29 is 29.3 Å². The van der Waals surface area contributed by atoms with Crippen LogP contribution in [0.4, 0.5) is 0 Å². The highest BCUT2D eigenvalue weighted by molar-refractivity contribution is 6.14. The summed E-state index contributed by atoms with van der Waals surface area (Å²) in [7, 11) is 3.62. The SMILES string of the molecule is CN(C)C=CC=C(C(=O)OCCCCO)C(=O)OCCCCO. The Balaban J connectivity index is 4.66. The van der Waals surface area contributed by atoms with Crippen LogP contribution in [0.2, 0.25) is 0 Å². The molecule has 0 radical (unpaired) electrons. The third-order valence-corrected chi connectivity index (χ3v) is 2.66. The van der Waals surface area contributed by atoms with Gasteiger partial charge in [0, 0.05) is 27.3 Å². The summed E-state index contributed by atoms with van der Waals surface area (Å²) in [4.78, 5) is 25.7. The quantitative estimate of drug-likeness (QED) is 0.135. The maximum atomic E-state index is 12.0. The Morgan fingerprint density at radius 1 is 0.913 bits per heavy atom. The lowest BCUT2D eigenvalue weighted by atomic mass is 10.2. The molecule has 0 aromatic carbocycles. The van der Waals surface area contributed by atoms with Gasteiger partial charge in [-0.3, -0.25) is 0 Å². The molecule has 0 fully saturated rings. The molecule has 0 heterocycles. The first-order chi connectivity index (χ1) is 11.0. The fourth-order valence-corrected chi connectivity index (χ4v) is 1.44. The zero-order valence-electron chi connectivity index (χ0n) is 13.9. The van der Waals surface area contributed by atoms with Gasteiger partial charge in [0.25, 0.3) is 0 Å². The lowest BCUT2D eigenvalue weighted by molar-refractivity contribution is -0.147. The van der Waals surface area contributed by atoms with Crippen molar-refractivity contribution in [2.75, 3.05) is 40.5 Å². The molecule has 2 N–H and O–H groups in total. The minimum Gasteiger partial charge on any atom is -0.462 e. The van der Waals surface area contributed by atoms with Crippen LogP contribution in [-0.2, 0) is 19.1 Å². The molecule has 0 saturated heterocycles. The van der Waals surface area contributed by atoms with Gasteiger partial charge in [-0.15, -0.1) is 0 Å². The predicted molar refractivity (Wildman–Crippen MR) is 85.5 cm³/mol. The number of ether oxygens (including phenoxy) is 2. The Hall–Kier alpha value is -1.86. The molecule has 0 aliphatic carbocycles. The first-order valence-electron chi connectivity index (χ1n) is 7.63. The van der Waals surface area contributed by atoms with Gasteiger partial charge in [-0.1, -0.05) is 0 Å².